The number of rotatable bonds is 3. The van der Waals surface area contributed by atoms with Crippen molar-refractivity contribution < 1.29 is 19.1 Å². The van der Waals surface area contributed by atoms with Gasteiger partial charge in [0, 0.05) is 0 Å². The Bertz CT molecular complexity index is 671. The van der Waals surface area contributed by atoms with Crippen LogP contribution in [-0.4, -0.2) is 29.0 Å². The van der Waals surface area contributed by atoms with Gasteiger partial charge in [0.2, 0.25) is 0 Å². The van der Waals surface area contributed by atoms with E-state index in [-0.39, 0.29) is 35.3 Å². The molecule has 1 spiro atoms. The fourth-order valence-electron chi connectivity index (χ4n) is 6.29. The van der Waals surface area contributed by atoms with Crippen LogP contribution in [0.1, 0.15) is 51.9 Å². The number of ketones is 2. The number of allylic oxidation sites excluding steroid dienone is 1. The van der Waals surface area contributed by atoms with Crippen LogP contribution in [-0.2, 0) is 19.1 Å². The summed E-state index contributed by atoms with van der Waals surface area (Å²) in [6.45, 7) is 6.48. The number of cyclic esters (lactones) is 1. The molecule has 0 aromatic heterocycles. The molecule has 6 atom stereocenters. The second kappa shape index (κ2) is 5.77. The standard InChI is InChI=1S/C20H25BrO4/c1-3-4-7-19-13(6-9-25-18(19)24)15(21)17(23)20-8-5-12(10-14(19)20)11(2)16(20)22/h12-15H,2-10H2,1H3/t12-,13?,14?,15-,19-,20-/m0/s1. The first kappa shape index (κ1) is 17.4. The Balaban J connectivity index is 1.91. The molecule has 5 rings (SSSR count). The number of hydrogen-bond donors (Lipinski definition) is 0. The lowest BCUT2D eigenvalue weighted by Crippen LogP contribution is -2.71. The molecule has 5 heteroatoms. The highest BCUT2D eigenvalue weighted by Gasteiger charge is 2.74. The normalized spacial score (nSPS) is 45.8. The highest BCUT2D eigenvalue weighted by molar-refractivity contribution is 9.10. The maximum atomic E-state index is 13.4. The van der Waals surface area contributed by atoms with E-state index in [4.69, 9.17) is 4.74 Å². The smallest absolute Gasteiger partial charge is 0.312 e. The summed E-state index contributed by atoms with van der Waals surface area (Å²) in [5.74, 6) is -0.445. The SMILES string of the molecule is C=C1C(=O)[C@]23CC[C@H]1CC2[C@@]1(CCCC)C(=O)OCCC1[C@H](Br)C3=O. The molecule has 2 unspecified atom stereocenters. The van der Waals surface area contributed by atoms with E-state index in [0.717, 1.165) is 25.7 Å². The van der Waals surface area contributed by atoms with Crippen LogP contribution in [0.3, 0.4) is 0 Å². The molecule has 4 nitrogen and oxygen atoms in total. The van der Waals surface area contributed by atoms with Crippen LogP contribution in [0.4, 0.5) is 0 Å². The van der Waals surface area contributed by atoms with E-state index in [2.05, 4.69) is 29.4 Å². The highest BCUT2D eigenvalue weighted by atomic mass is 79.9. The predicted molar refractivity (Wildman–Crippen MR) is 96.2 cm³/mol. The van der Waals surface area contributed by atoms with Crippen LogP contribution < -0.4 is 0 Å². The minimum atomic E-state index is -1.05. The van der Waals surface area contributed by atoms with Gasteiger partial charge < -0.3 is 4.74 Å². The van der Waals surface area contributed by atoms with Gasteiger partial charge >= 0.3 is 5.97 Å². The van der Waals surface area contributed by atoms with E-state index < -0.39 is 15.7 Å². The molecule has 0 aromatic rings. The number of alkyl halides is 1. The molecule has 5 fully saturated rings. The summed E-state index contributed by atoms with van der Waals surface area (Å²) in [6, 6.07) is 0. The van der Waals surface area contributed by atoms with Gasteiger partial charge in [-0.05, 0) is 55.4 Å². The molecule has 136 valence electrons. The van der Waals surface area contributed by atoms with E-state index in [1.807, 2.05) is 0 Å². The van der Waals surface area contributed by atoms with Crippen LogP contribution in [0.5, 0.6) is 0 Å². The second-order valence-corrected chi connectivity index (χ2v) is 9.28. The summed E-state index contributed by atoms with van der Waals surface area (Å²) in [5, 5.41) is 0. The molecule has 1 aliphatic heterocycles. The number of carbonyl (C=O) groups is 3. The van der Waals surface area contributed by atoms with Crippen LogP contribution >= 0.6 is 15.9 Å². The average Bonchev–Trinajstić information content (AvgIpc) is 2.62. The van der Waals surface area contributed by atoms with Crippen LogP contribution in [0.25, 0.3) is 0 Å². The fraction of sp³-hybridized carbons (Fsp3) is 0.750. The maximum Gasteiger partial charge on any atom is 0.312 e. The van der Waals surface area contributed by atoms with Crippen molar-refractivity contribution >= 4 is 33.5 Å². The average molecular weight is 409 g/mol. The first-order chi connectivity index (χ1) is 11.9. The zero-order valence-corrected chi connectivity index (χ0v) is 16.3. The van der Waals surface area contributed by atoms with E-state index in [1.54, 1.807) is 0 Å². The molecule has 4 saturated carbocycles. The summed E-state index contributed by atoms with van der Waals surface area (Å²) >= 11 is 3.61. The first-order valence-corrected chi connectivity index (χ1v) is 10.4. The third-order valence-corrected chi connectivity index (χ3v) is 8.56. The number of Topliss-reactive ketones (excluding diaryl/α,β-unsaturated/α-hetero) is 2. The van der Waals surface area contributed by atoms with Crippen molar-refractivity contribution in [2.24, 2.45) is 28.6 Å². The number of unbranched alkanes of at least 4 members (excludes halogenated alkanes) is 1. The number of esters is 1. The maximum absolute atomic E-state index is 13.4. The Morgan fingerprint density at radius 3 is 2.76 bits per heavy atom. The number of ether oxygens (including phenoxy) is 1. The van der Waals surface area contributed by atoms with Crippen LogP contribution in [0, 0.1) is 28.6 Å². The quantitative estimate of drug-likeness (QED) is 0.309. The number of halogens is 1. The summed E-state index contributed by atoms with van der Waals surface area (Å²) in [6.07, 6.45) is 5.42. The van der Waals surface area contributed by atoms with E-state index in [9.17, 15) is 14.4 Å². The van der Waals surface area contributed by atoms with Gasteiger partial charge in [-0.15, -0.1) is 0 Å². The van der Waals surface area contributed by atoms with Crippen molar-refractivity contribution in [3.8, 4) is 0 Å². The molecule has 2 bridgehead atoms. The topological polar surface area (TPSA) is 60.4 Å². The molecule has 1 saturated heterocycles. The molecule has 25 heavy (non-hydrogen) atoms. The molecular formula is C20H25BrO4. The molecular weight excluding hydrogens is 384 g/mol. The van der Waals surface area contributed by atoms with Crippen molar-refractivity contribution in [3.05, 3.63) is 12.2 Å². The van der Waals surface area contributed by atoms with Gasteiger partial charge in [0.25, 0.3) is 0 Å². The minimum absolute atomic E-state index is 0.00590. The summed E-state index contributed by atoms with van der Waals surface area (Å²) in [5.41, 5.74) is -1.16. The Labute approximate surface area is 156 Å². The Kier molecular flexibility index (Phi) is 4.02. The first-order valence-electron chi connectivity index (χ1n) is 9.50. The molecule has 1 heterocycles. The summed E-state index contributed by atoms with van der Waals surface area (Å²) < 4.78 is 5.54. The lowest BCUT2D eigenvalue weighted by Gasteiger charge is -2.63. The van der Waals surface area contributed by atoms with Crippen LogP contribution in [0.2, 0.25) is 0 Å². The van der Waals surface area contributed by atoms with Crippen molar-refractivity contribution in [3.63, 3.8) is 0 Å². The van der Waals surface area contributed by atoms with Gasteiger partial charge in [0.1, 0.15) is 0 Å². The lowest BCUT2D eigenvalue weighted by atomic mass is 9.39. The molecule has 0 N–H and O–H groups in total. The monoisotopic (exact) mass is 408 g/mol. The number of hydrogen-bond acceptors (Lipinski definition) is 4. The zero-order valence-electron chi connectivity index (χ0n) is 14.7. The van der Waals surface area contributed by atoms with Crippen molar-refractivity contribution in [1.82, 2.24) is 0 Å². The van der Waals surface area contributed by atoms with E-state index in [1.165, 1.54) is 0 Å². The zero-order chi connectivity index (χ0) is 18.0. The highest BCUT2D eigenvalue weighted by Crippen LogP contribution is 2.68. The Morgan fingerprint density at radius 1 is 1.28 bits per heavy atom. The largest absolute Gasteiger partial charge is 0.465 e. The molecule has 0 aromatic carbocycles. The van der Waals surface area contributed by atoms with Gasteiger partial charge in [0.05, 0.1) is 22.3 Å². The number of carbonyl (C=O) groups excluding carboxylic acids is 3. The van der Waals surface area contributed by atoms with Crippen LogP contribution in [0.15, 0.2) is 12.2 Å². The van der Waals surface area contributed by atoms with Crippen molar-refractivity contribution in [2.75, 3.05) is 6.61 Å². The van der Waals surface area contributed by atoms with Gasteiger partial charge in [0.15, 0.2) is 11.6 Å². The number of fused-ring (bicyclic) bond motifs is 3. The van der Waals surface area contributed by atoms with Gasteiger partial charge in [-0.2, -0.15) is 0 Å². The summed E-state index contributed by atoms with van der Waals surface area (Å²) in [4.78, 5) is 39.3. The summed E-state index contributed by atoms with van der Waals surface area (Å²) in [7, 11) is 0. The van der Waals surface area contributed by atoms with E-state index in [0.29, 0.717) is 31.4 Å². The van der Waals surface area contributed by atoms with Crippen molar-refractivity contribution in [1.29, 1.82) is 0 Å². The van der Waals surface area contributed by atoms with Gasteiger partial charge in [-0.3, -0.25) is 14.4 Å². The predicted octanol–water partition coefficient (Wildman–Crippen LogP) is 3.61. The second-order valence-electron chi connectivity index (χ2n) is 8.29. The fourth-order valence-corrected chi connectivity index (χ4v) is 7.43. The molecule has 0 radical (unpaired) electrons. The van der Waals surface area contributed by atoms with E-state index >= 15 is 0 Å². The minimum Gasteiger partial charge on any atom is -0.465 e. The third kappa shape index (κ3) is 1.96. The Hall–Kier alpha value is -0.970. The lowest BCUT2D eigenvalue weighted by molar-refractivity contribution is -0.199. The third-order valence-electron chi connectivity index (χ3n) is 7.50. The molecule has 5 aliphatic rings. The molecule has 0 amide bonds. The van der Waals surface area contributed by atoms with Gasteiger partial charge in [-0.25, -0.2) is 0 Å². The van der Waals surface area contributed by atoms with Gasteiger partial charge in [-0.1, -0.05) is 42.3 Å². The van der Waals surface area contributed by atoms with Crippen molar-refractivity contribution in [2.45, 2.75) is 56.7 Å². The molecule has 4 aliphatic carbocycles. The Morgan fingerprint density at radius 2 is 2.04 bits per heavy atom.